The number of para-hydroxylation sites is 1. The number of H-pyrrole nitrogens is 1. The van der Waals surface area contributed by atoms with E-state index in [-0.39, 0.29) is 24.5 Å². The van der Waals surface area contributed by atoms with E-state index in [0.29, 0.717) is 17.3 Å². The maximum atomic E-state index is 12.5. The van der Waals surface area contributed by atoms with Gasteiger partial charge in [0, 0.05) is 0 Å². The molecule has 1 aliphatic rings. The van der Waals surface area contributed by atoms with Gasteiger partial charge < -0.3 is 16.2 Å². The summed E-state index contributed by atoms with van der Waals surface area (Å²) >= 11 is 0. The molecule has 33 heavy (non-hydrogen) atoms. The van der Waals surface area contributed by atoms with Crippen LogP contribution in [0.2, 0.25) is 0 Å². The summed E-state index contributed by atoms with van der Waals surface area (Å²) in [4.78, 5) is 47.7. The predicted molar refractivity (Wildman–Crippen MR) is 112 cm³/mol. The number of alkyl halides is 3. The molecule has 0 spiro atoms. The minimum Gasteiger partial charge on any atom is -0.475 e. The van der Waals surface area contributed by atoms with Gasteiger partial charge in [-0.2, -0.15) is 13.2 Å². The summed E-state index contributed by atoms with van der Waals surface area (Å²) in [7, 11) is 0. The van der Waals surface area contributed by atoms with Gasteiger partial charge in [0.1, 0.15) is 6.54 Å². The van der Waals surface area contributed by atoms with Crippen LogP contribution < -0.4 is 22.3 Å². The molecule has 2 atom stereocenters. The third-order valence-electron chi connectivity index (χ3n) is 5.08. The molecule has 5 N–H and O–H groups in total. The minimum absolute atomic E-state index is 0.185. The number of aliphatic carboxylic acids is 1. The normalized spacial score (nSPS) is 17.1. The van der Waals surface area contributed by atoms with Crippen molar-refractivity contribution in [2.24, 2.45) is 5.73 Å². The van der Waals surface area contributed by atoms with E-state index in [9.17, 15) is 27.6 Å². The second kappa shape index (κ2) is 9.28. The van der Waals surface area contributed by atoms with Gasteiger partial charge in [-0.25, -0.2) is 9.59 Å². The molecule has 1 heterocycles. The number of hydrogen-bond acceptors (Lipinski definition) is 5. The first-order chi connectivity index (χ1) is 15.5. The Labute approximate surface area is 183 Å². The lowest BCUT2D eigenvalue weighted by molar-refractivity contribution is -0.192. The molecule has 174 valence electrons. The smallest absolute Gasteiger partial charge is 0.475 e. The van der Waals surface area contributed by atoms with E-state index in [1.165, 1.54) is 4.57 Å². The van der Waals surface area contributed by atoms with Gasteiger partial charge in [-0.05, 0) is 29.7 Å². The summed E-state index contributed by atoms with van der Waals surface area (Å²) in [5, 5.41) is 10.4. The van der Waals surface area contributed by atoms with Gasteiger partial charge >= 0.3 is 17.8 Å². The first-order valence-corrected chi connectivity index (χ1v) is 9.63. The third-order valence-corrected chi connectivity index (χ3v) is 5.08. The van der Waals surface area contributed by atoms with Crippen LogP contribution in [-0.2, 0) is 22.6 Å². The molecule has 1 aromatic heterocycles. The number of amides is 1. The van der Waals surface area contributed by atoms with Crippen molar-refractivity contribution in [1.29, 1.82) is 0 Å². The fourth-order valence-electron chi connectivity index (χ4n) is 3.56. The Morgan fingerprint density at radius 1 is 1.12 bits per heavy atom. The number of carboxylic acids is 1. The number of carboxylic acid groups (broad SMARTS) is 1. The molecule has 1 aliphatic carbocycles. The van der Waals surface area contributed by atoms with Gasteiger partial charge in [0.25, 0.3) is 5.56 Å². The van der Waals surface area contributed by atoms with E-state index >= 15 is 0 Å². The van der Waals surface area contributed by atoms with Crippen LogP contribution >= 0.6 is 0 Å². The number of carbonyl (C=O) groups is 2. The number of nitrogens with two attached hydrogens (primary N) is 1. The van der Waals surface area contributed by atoms with Crippen molar-refractivity contribution in [2.75, 3.05) is 0 Å². The molecule has 0 unspecified atom stereocenters. The van der Waals surface area contributed by atoms with E-state index in [0.717, 1.165) is 11.1 Å². The highest BCUT2D eigenvalue weighted by atomic mass is 19.4. The standard InChI is InChI=1S/C19H18N4O3.C2HF3O2/c20-17-12-6-2-1-5-11(12)9-14(17)21-16(24)10-23-15-8-4-3-7-13(15)18(25)22-19(23)26;3-2(4,5)1(6)7/h1-8,14,17H,9-10,20H2,(H,21,24)(H,22,25,26);(H,6,7)/t14-,17-;/m1./s1. The van der Waals surface area contributed by atoms with E-state index in [2.05, 4.69) is 10.3 Å². The number of benzene rings is 2. The SMILES string of the molecule is N[C@@H]1c2ccccc2C[C@H]1NC(=O)Cn1c(=O)[nH]c(=O)c2ccccc21.O=C(O)C(F)(F)F. The lowest BCUT2D eigenvalue weighted by Crippen LogP contribution is -2.44. The second-order valence-corrected chi connectivity index (χ2v) is 7.27. The van der Waals surface area contributed by atoms with Crippen molar-refractivity contribution in [3.8, 4) is 0 Å². The zero-order valence-corrected chi connectivity index (χ0v) is 16.9. The molecule has 4 rings (SSSR count). The second-order valence-electron chi connectivity index (χ2n) is 7.27. The molecule has 0 saturated heterocycles. The van der Waals surface area contributed by atoms with Gasteiger partial charge in [-0.3, -0.25) is 19.1 Å². The maximum absolute atomic E-state index is 12.5. The van der Waals surface area contributed by atoms with Crippen molar-refractivity contribution >= 4 is 22.8 Å². The monoisotopic (exact) mass is 464 g/mol. The molecular formula is C21H19F3N4O5. The maximum Gasteiger partial charge on any atom is 0.490 e. The van der Waals surface area contributed by atoms with Gasteiger partial charge in [0.15, 0.2) is 0 Å². The Kier molecular flexibility index (Phi) is 6.68. The van der Waals surface area contributed by atoms with Crippen LogP contribution in [-0.4, -0.2) is 38.8 Å². The van der Waals surface area contributed by atoms with Crippen LogP contribution in [0.25, 0.3) is 10.9 Å². The predicted octanol–water partition coefficient (Wildman–Crippen LogP) is 1.06. The number of nitrogens with zero attached hydrogens (tertiary/aromatic N) is 1. The van der Waals surface area contributed by atoms with Gasteiger partial charge in [-0.15, -0.1) is 0 Å². The Morgan fingerprint density at radius 3 is 2.36 bits per heavy atom. The fourth-order valence-corrected chi connectivity index (χ4v) is 3.56. The van der Waals surface area contributed by atoms with E-state index < -0.39 is 23.4 Å². The van der Waals surface area contributed by atoms with E-state index in [4.69, 9.17) is 15.6 Å². The number of rotatable bonds is 3. The molecule has 0 saturated carbocycles. The Morgan fingerprint density at radius 2 is 1.73 bits per heavy atom. The lowest BCUT2D eigenvalue weighted by Gasteiger charge is -2.18. The molecule has 3 aromatic rings. The topological polar surface area (TPSA) is 147 Å². The van der Waals surface area contributed by atoms with Crippen molar-refractivity contribution in [3.63, 3.8) is 0 Å². The number of halogens is 3. The van der Waals surface area contributed by atoms with Gasteiger partial charge in [0.05, 0.1) is 23.0 Å². The Bertz CT molecular complexity index is 1320. The molecule has 0 fully saturated rings. The molecule has 2 aromatic carbocycles. The van der Waals surface area contributed by atoms with E-state index in [1.807, 2.05) is 24.3 Å². The van der Waals surface area contributed by atoms with E-state index in [1.54, 1.807) is 24.3 Å². The number of nitrogens with one attached hydrogen (secondary N) is 2. The molecule has 1 amide bonds. The highest BCUT2D eigenvalue weighted by Gasteiger charge is 2.38. The molecule has 0 aliphatic heterocycles. The highest BCUT2D eigenvalue weighted by Crippen LogP contribution is 2.29. The van der Waals surface area contributed by atoms with Crippen molar-refractivity contribution in [1.82, 2.24) is 14.9 Å². The molecular weight excluding hydrogens is 445 g/mol. The molecule has 0 bridgehead atoms. The van der Waals surface area contributed by atoms with Crippen LogP contribution in [0.4, 0.5) is 13.2 Å². The van der Waals surface area contributed by atoms with Crippen molar-refractivity contribution in [2.45, 2.75) is 31.2 Å². The summed E-state index contributed by atoms with van der Waals surface area (Å²) < 4.78 is 33.0. The number of fused-ring (bicyclic) bond motifs is 2. The van der Waals surface area contributed by atoms with Crippen molar-refractivity contribution < 1.29 is 27.9 Å². The molecule has 12 heteroatoms. The van der Waals surface area contributed by atoms with Crippen LogP contribution in [0.3, 0.4) is 0 Å². The Hall–Kier alpha value is -3.93. The summed E-state index contributed by atoms with van der Waals surface area (Å²) in [5.41, 5.74) is 7.75. The molecule has 9 nitrogen and oxygen atoms in total. The zero-order valence-electron chi connectivity index (χ0n) is 16.9. The first kappa shape index (κ1) is 23.7. The van der Waals surface area contributed by atoms with Crippen LogP contribution in [0.5, 0.6) is 0 Å². The number of aromatic nitrogens is 2. The van der Waals surface area contributed by atoms with Crippen LogP contribution in [0.15, 0.2) is 58.1 Å². The number of hydrogen-bond donors (Lipinski definition) is 4. The van der Waals surface area contributed by atoms with Gasteiger partial charge in [0.2, 0.25) is 5.91 Å². The van der Waals surface area contributed by atoms with Crippen LogP contribution in [0, 0.1) is 0 Å². The molecule has 0 radical (unpaired) electrons. The van der Waals surface area contributed by atoms with Crippen molar-refractivity contribution in [3.05, 3.63) is 80.5 Å². The Balaban J connectivity index is 0.000000383. The number of carbonyl (C=O) groups excluding carboxylic acids is 1. The zero-order chi connectivity index (χ0) is 24.3. The summed E-state index contributed by atoms with van der Waals surface area (Å²) in [6.07, 6.45) is -4.43. The minimum atomic E-state index is -5.08. The summed E-state index contributed by atoms with van der Waals surface area (Å²) in [6, 6.07) is 14.0. The first-order valence-electron chi connectivity index (χ1n) is 9.63. The van der Waals surface area contributed by atoms with Crippen LogP contribution in [0.1, 0.15) is 17.2 Å². The fraction of sp³-hybridized carbons (Fsp3) is 0.238. The number of aromatic amines is 1. The third kappa shape index (κ3) is 5.29. The highest BCUT2D eigenvalue weighted by molar-refractivity contribution is 5.81. The lowest BCUT2D eigenvalue weighted by atomic mass is 10.1. The quantitative estimate of drug-likeness (QED) is 0.456. The average molecular weight is 464 g/mol. The largest absolute Gasteiger partial charge is 0.490 e. The van der Waals surface area contributed by atoms with Gasteiger partial charge in [-0.1, -0.05) is 36.4 Å². The average Bonchev–Trinajstić information content (AvgIpc) is 3.06. The summed E-state index contributed by atoms with van der Waals surface area (Å²) in [5.74, 6) is -3.08. The summed E-state index contributed by atoms with van der Waals surface area (Å²) in [6.45, 7) is -0.185.